The summed E-state index contributed by atoms with van der Waals surface area (Å²) in [6.45, 7) is 0.480. The third-order valence-corrected chi connectivity index (χ3v) is 4.10. The minimum atomic E-state index is -0.191. The lowest BCUT2D eigenvalue weighted by atomic mass is 10.2. The predicted molar refractivity (Wildman–Crippen MR) is 94.5 cm³/mol. The van der Waals surface area contributed by atoms with Gasteiger partial charge in [0.25, 0.3) is 5.91 Å². The SMILES string of the molecule is O=C(NCc1ccccc1)c1csc(Nc2cccc(Cl)c2)n1. The highest BCUT2D eigenvalue weighted by Gasteiger charge is 2.10. The van der Waals surface area contributed by atoms with Crippen molar-refractivity contribution in [2.24, 2.45) is 0 Å². The highest BCUT2D eigenvalue weighted by Crippen LogP contribution is 2.23. The largest absolute Gasteiger partial charge is 0.347 e. The van der Waals surface area contributed by atoms with Crippen LogP contribution in [0.4, 0.5) is 10.8 Å². The summed E-state index contributed by atoms with van der Waals surface area (Å²) in [6, 6.07) is 17.1. The van der Waals surface area contributed by atoms with Crippen molar-refractivity contribution >= 4 is 39.7 Å². The van der Waals surface area contributed by atoms with Gasteiger partial charge in [-0.1, -0.05) is 48.0 Å². The van der Waals surface area contributed by atoms with Crippen molar-refractivity contribution in [1.82, 2.24) is 10.3 Å². The summed E-state index contributed by atoms with van der Waals surface area (Å²) in [7, 11) is 0. The summed E-state index contributed by atoms with van der Waals surface area (Å²) < 4.78 is 0. The van der Waals surface area contributed by atoms with E-state index in [1.54, 1.807) is 17.5 Å². The standard InChI is InChI=1S/C17H14ClN3OS/c18-13-7-4-8-14(9-13)20-17-21-15(11-23-17)16(22)19-10-12-5-2-1-3-6-12/h1-9,11H,10H2,(H,19,22)(H,20,21). The van der Waals surface area contributed by atoms with Gasteiger partial charge >= 0.3 is 0 Å². The number of halogens is 1. The van der Waals surface area contributed by atoms with Crippen LogP contribution in [0.1, 0.15) is 16.1 Å². The number of carbonyl (C=O) groups is 1. The number of aromatic nitrogens is 1. The van der Waals surface area contributed by atoms with Gasteiger partial charge in [-0.3, -0.25) is 4.79 Å². The maximum Gasteiger partial charge on any atom is 0.271 e. The van der Waals surface area contributed by atoms with E-state index in [1.807, 2.05) is 42.5 Å². The number of hydrogen-bond acceptors (Lipinski definition) is 4. The van der Waals surface area contributed by atoms with Gasteiger partial charge in [-0.15, -0.1) is 11.3 Å². The molecule has 2 aromatic carbocycles. The van der Waals surface area contributed by atoms with Gasteiger partial charge in [0.1, 0.15) is 5.69 Å². The average molecular weight is 344 g/mol. The van der Waals surface area contributed by atoms with Crippen molar-refractivity contribution in [3.63, 3.8) is 0 Å². The van der Waals surface area contributed by atoms with Crippen LogP contribution in [-0.4, -0.2) is 10.9 Å². The zero-order valence-electron chi connectivity index (χ0n) is 12.1. The first-order valence-electron chi connectivity index (χ1n) is 7.01. The van der Waals surface area contributed by atoms with E-state index in [0.29, 0.717) is 22.4 Å². The molecular weight excluding hydrogens is 330 g/mol. The van der Waals surface area contributed by atoms with E-state index in [4.69, 9.17) is 11.6 Å². The lowest BCUT2D eigenvalue weighted by molar-refractivity contribution is 0.0946. The summed E-state index contributed by atoms with van der Waals surface area (Å²) in [5.41, 5.74) is 2.28. The molecule has 1 aromatic heterocycles. The van der Waals surface area contributed by atoms with Crippen LogP contribution in [-0.2, 0) is 6.54 Å². The Hall–Kier alpha value is -2.37. The molecule has 3 rings (SSSR count). The first-order valence-corrected chi connectivity index (χ1v) is 8.27. The third kappa shape index (κ3) is 4.31. The highest BCUT2D eigenvalue weighted by atomic mass is 35.5. The molecule has 4 nitrogen and oxygen atoms in total. The first-order chi connectivity index (χ1) is 11.2. The van der Waals surface area contributed by atoms with Crippen molar-refractivity contribution in [3.8, 4) is 0 Å². The summed E-state index contributed by atoms with van der Waals surface area (Å²) >= 11 is 7.32. The van der Waals surface area contributed by atoms with Crippen LogP contribution in [0.3, 0.4) is 0 Å². The van der Waals surface area contributed by atoms with E-state index in [0.717, 1.165) is 11.3 Å². The van der Waals surface area contributed by atoms with Crippen molar-refractivity contribution < 1.29 is 4.79 Å². The van der Waals surface area contributed by atoms with Crippen LogP contribution in [0.15, 0.2) is 60.0 Å². The second-order valence-electron chi connectivity index (χ2n) is 4.84. The normalized spacial score (nSPS) is 10.3. The summed E-state index contributed by atoms with van der Waals surface area (Å²) in [5, 5.41) is 9.02. The van der Waals surface area contributed by atoms with Crippen LogP contribution in [0, 0.1) is 0 Å². The molecule has 6 heteroatoms. The van der Waals surface area contributed by atoms with Crippen molar-refractivity contribution in [1.29, 1.82) is 0 Å². The second-order valence-corrected chi connectivity index (χ2v) is 6.14. The van der Waals surface area contributed by atoms with Gasteiger partial charge in [0, 0.05) is 22.6 Å². The topological polar surface area (TPSA) is 54.0 Å². The molecule has 0 aliphatic rings. The number of nitrogens with one attached hydrogen (secondary N) is 2. The van der Waals surface area contributed by atoms with E-state index < -0.39 is 0 Å². The molecule has 0 unspecified atom stereocenters. The van der Waals surface area contributed by atoms with E-state index >= 15 is 0 Å². The average Bonchev–Trinajstić information content (AvgIpc) is 3.02. The highest BCUT2D eigenvalue weighted by molar-refractivity contribution is 7.14. The summed E-state index contributed by atoms with van der Waals surface area (Å²) in [5.74, 6) is -0.191. The molecule has 23 heavy (non-hydrogen) atoms. The van der Waals surface area contributed by atoms with E-state index in [1.165, 1.54) is 11.3 Å². The van der Waals surface area contributed by atoms with E-state index in [-0.39, 0.29) is 5.91 Å². The number of amides is 1. The van der Waals surface area contributed by atoms with Gasteiger partial charge < -0.3 is 10.6 Å². The van der Waals surface area contributed by atoms with Gasteiger partial charge in [0.2, 0.25) is 0 Å². The molecule has 0 spiro atoms. The number of carbonyl (C=O) groups excluding carboxylic acids is 1. The van der Waals surface area contributed by atoms with Crippen LogP contribution < -0.4 is 10.6 Å². The fourth-order valence-electron chi connectivity index (χ4n) is 1.99. The molecule has 3 aromatic rings. The molecule has 0 saturated carbocycles. The number of benzene rings is 2. The summed E-state index contributed by atoms with van der Waals surface area (Å²) in [6.07, 6.45) is 0. The Morgan fingerprint density at radius 1 is 1.13 bits per heavy atom. The molecule has 0 bridgehead atoms. The van der Waals surface area contributed by atoms with Crippen LogP contribution in [0.25, 0.3) is 0 Å². The van der Waals surface area contributed by atoms with Gasteiger partial charge in [-0.05, 0) is 23.8 Å². The van der Waals surface area contributed by atoms with Crippen molar-refractivity contribution in [2.45, 2.75) is 6.54 Å². The molecule has 0 saturated heterocycles. The van der Waals surface area contributed by atoms with Crippen molar-refractivity contribution in [2.75, 3.05) is 5.32 Å². The second kappa shape index (κ2) is 7.26. The quantitative estimate of drug-likeness (QED) is 0.718. The molecule has 0 atom stereocenters. The van der Waals surface area contributed by atoms with Gasteiger partial charge in [-0.25, -0.2) is 4.98 Å². The number of thiazole rings is 1. The predicted octanol–water partition coefficient (Wildman–Crippen LogP) is 4.47. The Morgan fingerprint density at radius 2 is 1.96 bits per heavy atom. The third-order valence-electron chi connectivity index (χ3n) is 3.11. The van der Waals surface area contributed by atoms with Gasteiger partial charge in [0.15, 0.2) is 5.13 Å². The zero-order chi connectivity index (χ0) is 16.1. The first kappa shape index (κ1) is 15.5. The molecule has 1 heterocycles. The smallest absolute Gasteiger partial charge is 0.271 e. The van der Waals surface area contributed by atoms with Gasteiger partial charge in [-0.2, -0.15) is 0 Å². The lowest BCUT2D eigenvalue weighted by Gasteiger charge is -2.03. The lowest BCUT2D eigenvalue weighted by Crippen LogP contribution is -2.23. The van der Waals surface area contributed by atoms with Crippen LogP contribution >= 0.6 is 22.9 Å². The van der Waals surface area contributed by atoms with Gasteiger partial charge in [0.05, 0.1) is 0 Å². The maximum absolute atomic E-state index is 12.1. The van der Waals surface area contributed by atoms with E-state index in [2.05, 4.69) is 15.6 Å². The van der Waals surface area contributed by atoms with E-state index in [9.17, 15) is 4.79 Å². The van der Waals surface area contributed by atoms with Crippen LogP contribution in [0.5, 0.6) is 0 Å². The number of nitrogens with zero attached hydrogens (tertiary/aromatic N) is 1. The molecule has 0 aliphatic carbocycles. The summed E-state index contributed by atoms with van der Waals surface area (Å²) in [4.78, 5) is 16.4. The fourth-order valence-corrected chi connectivity index (χ4v) is 2.90. The Morgan fingerprint density at radius 3 is 2.74 bits per heavy atom. The fraction of sp³-hybridized carbons (Fsp3) is 0.0588. The number of rotatable bonds is 5. The zero-order valence-corrected chi connectivity index (χ0v) is 13.7. The molecule has 1 amide bonds. The monoisotopic (exact) mass is 343 g/mol. The minimum Gasteiger partial charge on any atom is -0.347 e. The number of hydrogen-bond donors (Lipinski definition) is 2. The molecule has 0 radical (unpaired) electrons. The Labute approximate surface area is 143 Å². The minimum absolute atomic E-state index is 0.191. The van der Waals surface area contributed by atoms with Crippen LogP contribution in [0.2, 0.25) is 5.02 Å². The Bertz CT molecular complexity index is 804. The Balaban J connectivity index is 1.61. The van der Waals surface area contributed by atoms with Crippen molar-refractivity contribution in [3.05, 3.63) is 76.3 Å². The molecule has 0 fully saturated rings. The molecular formula is C17H14ClN3OS. The molecule has 116 valence electrons. The number of anilines is 2. The maximum atomic E-state index is 12.1. The Kier molecular flexibility index (Phi) is 4.90. The molecule has 2 N–H and O–H groups in total. The molecule has 0 aliphatic heterocycles.